The third-order valence-corrected chi connectivity index (χ3v) is 6.02. The molecule has 164 valence electrons. The van der Waals surface area contributed by atoms with Gasteiger partial charge in [0.05, 0.1) is 6.54 Å². The quantitative estimate of drug-likeness (QED) is 0.316. The van der Waals surface area contributed by atoms with E-state index >= 15 is 0 Å². The maximum Gasteiger partial charge on any atom is 0.222 e. The highest BCUT2D eigenvalue weighted by molar-refractivity contribution is 14.0. The number of rotatable bonds is 7. The number of hydrogen-bond acceptors (Lipinski definition) is 3. The molecule has 2 rings (SSSR count). The number of guanidine groups is 1. The summed E-state index contributed by atoms with van der Waals surface area (Å²) in [4.78, 5) is 21.4. The molecule has 2 N–H and O–H groups in total. The van der Waals surface area contributed by atoms with E-state index in [0.717, 1.165) is 44.5 Å². The Morgan fingerprint density at radius 1 is 1.14 bits per heavy atom. The molecule has 2 aliphatic rings. The molecule has 2 saturated heterocycles. The van der Waals surface area contributed by atoms with Crippen molar-refractivity contribution in [3.8, 4) is 0 Å². The summed E-state index contributed by atoms with van der Waals surface area (Å²) in [6, 6.07) is 0.793. The van der Waals surface area contributed by atoms with E-state index in [1.807, 2.05) is 11.8 Å². The van der Waals surface area contributed by atoms with Crippen LogP contribution in [-0.4, -0.2) is 73.0 Å². The van der Waals surface area contributed by atoms with Crippen LogP contribution in [0.2, 0.25) is 0 Å². The fourth-order valence-corrected chi connectivity index (χ4v) is 4.13. The van der Waals surface area contributed by atoms with Crippen molar-refractivity contribution in [2.24, 2.45) is 16.8 Å². The fraction of sp³-hybridized carbons (Fsp3) is 0.905. The molecule has 0 aliphatic carbocycles. The number of halogens is 1. The first-order valence-electron chi connectivity index (χ1n) is 11.0. The minimum atomic E-state index is 0. The average Bonchev–Trinajstić information content (AvgIpc) is 3.11. The molecule has 6 nitrogen and oxygen atoms in total. The van der Waals surface area contributed by atoms with Gasteiger partial charge < -0.3 is 15.5 Å². The molecule has 2 fully saturated rings. The molecule has 2 unspecified atom stereocenters. The van der Waals surface area contributed by atoms with Gasteiger partial charge in [-0.25, -0.2) is 0 Å². The minimum Gasteiger partial charge on any atom is -0.357 e. The molecule has 2 atom stereocenters. The molecule has 0 saturated carbocycles. The van der Waals surface area contributed by atoms with Crippen molar-refractivity contribution in [3.05, 3.63) is 0 Å². The molecule has 1 amide bonds. The molecule has 0 spiro atoms. The average molecular weight is 508 g/mol. The highest BCUT2D eigenvalue weighted by atomic mass is 127. The topological polar surface area (TPSA) is 60.0 Å². The minimum absolute atomic E-state index is 0. The van der Waals surface area contributed by atoms with E-state index in [-0.39, 0.29) is 29.9 Å². The van der Waals surface area contributed by atoms with Crippen molar-refractivity contribution in [1.29, 1.82) is 0 Å². The second kappa shape index (κ2) is 12.9. The summed E-state index contributed by atoms with van der Waals surface area (Å²) < 4.78 is 0. The molecule has 2 aliphatic heterocycles. The molecule has 2 heterocycles. The summed E-state index contributed by atoms with van der Waals surface area (Å²) in [5.74, 6) is 2.59. The van der Waals surface area contributed by atoms with E-state index < -0.39 is 0 Å². The number of amides is 1. The summed E-state index contributed by atoms with van der Waals surface area (Å²) in [6.07, 6.45) is 4.18. The summed E-state index contributed by atoms with van der Waals surface area (Å²) >= 11 is 0. The molecule has 0 aromatic rings. The van der Waals surface area contributed by atoms with Crippen LogP contribution in [0.4, 0.5) is 0 Å². The Bertz CT molecular complexity index is 491. The van der Waals surface area contributed by atoms with Crippen LogP contribution in [0, 0.1) is 11.8 Å². The SMILES string of the molecule is CCNC(=NCC(C(C)C)N1CCC(C)CC1)NC1CCN(C(=O)CC)C1.I. The standard InChI is InChI=1S/C21H41N5O.HI/c1-6-20(27)26-13-10-18(15-26)24-21(22-7-2)23-14-19(16(3)4)25-11-8-17(5)9-12-25;/h16-19H,6-15H2,1-5H3,(H2,22,23,24);1H. The lowest BCUT2D eigenvalue weighted by Crippen LogP contribution is -2.48. The fourth-order valence-electron chi connectivity index (χ4n) is 4.13. The maximum absolute atomic E-state index is 11.9. The van der Waals surface area contributed by atoms with Crippen LogP contribution >= 0.6 is 24.0 Å². The Labute approximate surface area is 189 Å². The Hall–Kier alpha value is -0.570. The molecule has 7 heteroatoms. The Morgan fingerprint density at radius 3 is 2.39 bits per heavy atom. The third-order valence-electron chi connectivity index (χ3n) is 6.02. The molecule has 0 bridgehead atoms. The van der Waals surface area contributed by atoms with Crippen LogP contribution in [-0.2, 0) is 4.79 Å². The van der Waals surface area contributed by atoms with Crippen molar-refractivity contribution in [2.75, 3.05) is 39.3 Å². The Kier molecular flexibility index (Phi) is 11.7. The zero-order valence-corrected chi connectivity index (χ0v) is 20.9. The largest absolute Gasteiger partial charge is 0.357 e. The first-order valence-corrected chi connectivity index (χ1v) is 11.0. The molecule has 0 aromatic carbocycles. The number of carbonyl (C=O) groups excluding carboxylic acids is 1. The Balaban J connectivity index is 0.00000392. The predicted octanol–water partition coefficient (Wildman–Crippen LogP) is 2.93. The maximum atomic E-state index is 11.9. The van der Waals surface area contributed by atoms with E-state index in [9.17, 15) is 4.79 Å². The van der Waals surface area contributed by atoms with Crippen molar-refractivity contribution in [2.45, 2.75) is 72.4 Å². The number of piperidine rings is 1. The first-order chi connectivity index (χ1) is 12.9. The van der Waals surface area contributed by atoms with Crippen molar-refractivity contribution in [1.82, 2.24) is 20.4 Å². The lowest BCUT2D eigenvalue weighted by molar-refractivity contribution is -0.129. The summed E-state index contributed by atoms with van der Waals surface area (Å²) in [6.45, 7) is 16.7. The van der Waals surface area contributed by atoms with Gasteiger partial charge in [0.25, 0.3) is 0 Å². The summed E-state index contributed by atoms with van der Waals surface area (Å²) in [5, 5.41) is 6.95. The van der Waals surface area contributed by atoms with E-state index in [4.69, 9.17) is 4.99 Å². The predicted molar refractivity (Wildman–Crippen MR) is 128 cm³/mol. The van der Waals surface area contributed by atoms with Crippen molar-refractivity contribution < 1.29 is 4.79 Å². The molecule has 0 aromatic heterocycles. The van der Waals surface area contributed by atoms with Crippen LogP contribution in [0.1, 0.15) is 60.3 Å². The third kappa shape index (κ3) is 7.69. The lowest BCUT2D eigenvalue weighted by Gasteiger charge is -2.38. The van der Waals surface area contributed by atoms with Crippen molar-refractivity contribution in [3.63, 3.8) is 0 Å². The second-order valence-corrected chi connectivity index (χ2v) is 8.57. The van der Waals surface area contributed by atoms with Gasteiger partial charge in [0.15, 0.2) is 5.96 Å². The van der Waals surface area contributed by atoms with Gasteiger partial charge in [0, 0.05) is 38.1 Å². The van der Waals surface area contributed by atoms with Gasteiger partial charge in [-0.3, -0.25) is 14.7 Å². The number of hydrogen-bond donors (Lipinski definition) is 2. The van der Waals surface area contributed by atoms with Gasteiger partial charge >= 0.3 is 0 Å². The van der Waals surface area contributed by atoms with E-state index in [1.165, 1.54) is 25.9 Å². The van der Waals surface area contributed by atoms with E-state index in [1.54, 1.807) is 0 Å². The lowest BCUT2D eigenvalue weighted by atomic mass is 9.94. The van der Waals surface area contributed by atoms with Gasteiger partial charge in [0.1, 0.15) is 0 Å². The van der Waals surface area contributed by atoms with Gasteiger partial charge in [-0.05, 0) is 51.1 Å². The van der Waals surface area contributed by atoms with Gasteiger partial charge in [-0.1, -0.05) is 27.7 Å². The number of carbonyl (C=O) groups is 1. The number of aliphatic imine (C=N–C) groups is 1. The van der Waals surface area contributed by atoms with Gasteiger partial charge in [0.2, 0.25) is 5.91 Å². The smallest absolute Gasteiger partial charge is 0.222 e. The number of nitrogens with one attached hydrogen (secondary N) is 2. The van der Waals surface area contributed by atoms with Crippen molar-refractivity contribution >= 4 is 35.8 Å². The van der Waals surface area contributed by atoms with E-state index in [0.29, 0.717) is 24.4 Å². The highest BCUT2D eigenvalue weighted by Crippen LogP contribution is 2.21. The zero-order chi connectivity index (χ0) is 19.8. The van der Waals surface area contributed by atoms with Crippen LogP contribution < -0.4 is 10.6 Å². The molecular formula is C21H42IN5O. The zero-order valence-electron chi connectivity index (χ0n) is 18.5. The molecule has 28 heavy (non-hydrogen) atoms. The van der Waals surface area contributed by atoms with Crippen LogP contribution in [0.15, 0.2) is 4.99 Å². The highest BCUT2D eigenvalue weighted by Gasteiger charge is 2.27. The second-order valence-electron chi connectivity index (χ2n) is 8.57. The normalized spacial score (nSPS) is 22.9. The molecular weight excluding hydrogens is 465 g/mol. The summed E-state index contributed by atoms with van der Waals surface area (Å²) in [7, 11) is 0. The van der Waals surface area contributed by atoms with Crippen LogP contribution in [0.25, 0.3) is 0 Å². The monoisotopic (exact) mass is 507 g/mol. The van der Waals surface area contributed by atoms with Gasteiger partial charge in [-0.2, -0.15) is 0 Å². The first kappa shape index (κ1) is 25.5. The summed E-state index contributed by atoms with van der Waals surface area (Å²) in [5.41, 5.74) is 0. The van der Waals surface area contributed by atoms with Crippen LogP contribution in [0.5, 0.6) is 0 Å². The van der Waals surface area contributed by atoms with Crippen LogP contribution in [0.3, 0.4) is 0 Å². The number of nitrogens with zero attached hydrogens (tertiary/aromatic N) is 3. The number of likely N-dealkylation sites (tertiary alicyclic amines) is 2. The Morgan fingerprint density at radius 2 is 1.82 bits per heavy atom. The van der Waals surface area contributed by atoms with E-state index in [2.05, 4.69) is 43.2 Å². The molecule has 0 radical (unpaired) electrons. The van der Waals surface area contributed by atoms with Gasteiger partial charge in [-0.15, -0.1) is 24.0 Å².